The maximum Gasteiger partial charge on any atom is 0.345 e. The van der Waals surface area contributed by atoms with E-state index in [4.69, 9.17) is 37.4 Å². The number of thioether (sulfide) groups is 1. The normalized spacial score (nSPS) is 14.3. The standard InChI is InChI=1S/C26H19Cl2NO6S/c1-33-21-11-6-16(14-22(21)35-25(31)19-4-2-3-5-20(19)28)15-23-24(30)29(26(32)36-23)12-13-34-18-9-7-17(27)8-10-18/h2-11,14-15H,12-13H2,1H3/b23-15-. The molecule has 2 amide bonds. The Balaban J connectivity index is 1.46. The number of halogens is 2. The van der Waals surface area contributed by atoms with Gasteiger partial charge in [0.1, 0.15) is 12.4 Å². The summed E-state index contributed by atoms with van der Waals surface area (Å²) in [6.45, 7) is 0.228. The highest BCUT2D eigenvalue weighted by Crippen LogP contribution is 2.35. The van der Waals surface area contributed by atoms with Crippen molar-refractivity contribution in [2.45, 2.75) is 0 Å². The number of carbonyl (C=O) groups is 3. The molecule has 3 aromatic carbocycles. The van der Waals surface area contributed by atoms with Gasteiger partial charge in [0.25, 0.3) is 11.1 Å². The molecule has 0 radical (unpaired) electrons. The first-order valence-electron chi connectivity index (χ1n) is 10.6. The third kappa shape index (κ3) is 6.02. The van der Waals surface area contributed by atoms with Crippen molar-refractivity contribution in [1.29, 1.82) is 0 Å². The smallest absolute Gasteiger partial charge is 0.345 e. The number of ether oxygens (including phenoxy) is 3. The number of rotatable bonds is 8. The van der Waals surface area contributed by atoms with Crippen molar-refractivity contribution in [1.82, 2.24) is 4.90 Å². The Labute approximate surface area is 221 Å². The Morgan fingerprint density at radius 3 is 2.47 bits per heavy atom. The van der Waals surface area contributed by atoms with E-state index >= 15 is 0 Å². The van der Waals surface area contributed by atoms with Crippen LogP contribution in [-0.2, 0) is 4.79 Å². The zero-order valence-electron chi connectivity index (χ0n) is 18.9. The van der Waals surface area contributed by atoms with Crippen LogP contribution in [0.4, 0.5) is 4.79 Å². The van der Waals surface area contributed by atoms with Gasteiger partial charge in [-0.05, 0) is 71.9 Å². The molecule has 3 aromatic rings. The number of carbonyl (C=O) groups excluding carboxylic acids is 3. The average molecular weight is 544 g/mol. The van der Waals surface area contributed by atoms with Gasteiger partial charge in [0.15, 0.2) is 11.5 Å². The van der Waals surface area contributed by atoms with Crippen LogP contribution in [0.3, 0.4) is 0 Å². The van der Waals surface area contributed by atoms with E-state index in [0.717, 1.165) is 16.7 Å². The monoisotopic (exact) mass is 543 g/mol. The highest BCUT2D eigenvalue weighted by Gasteiger charge is 2.34. The lowest BCUT2D eigenvalue weighted by Gasteiger charge is -2.13. The minimum absolute atomic E-state index is 0.0912. The van der Waals surface area contributed by atoms with Crippen LogP contribution >= 0.6 is 35.0 Å². The van der Waals surface area contributed by atoms with Crippen LogP contribution in [-0.4, -0.2) is 42.3 Å². The maximum atomic E-state index is 12.8. The summed E-state index contributed by atoms with van der Waals surface area (Å²) >= 11 is 12.8. The number of amides is 2. The number of methoxy groups -OCH3 is 1. The lowest BCUT2D eigenvalue weighted by atomic mass is 10.1. The molecule has 0 aliphatic carbocycles. The average Bonchev–Trinajstić information content (AvgIpc) is 3.13. The van der Waals surface area contributed by atoms with Gasteiger partial charge in [-0.25, -0.2) is 4.79 Å². The van der Waals surface area contributed by atoms with Crippen molar-refractivity contribution in [3.63, 3.8) is 0 Å². The van der Waals surface area contributed by atoms with Gasteiger partial charge in [-0.1, -0.05) is 41.4 Å². The van der Waals surface area contributed by atoms with Gasteiger partial charge in [0.05, 0.1) is 29.1 Å². The largest absolute Gasteiger partial charge is 0.493 e. The number of hydrogen-bond donors (Lipinski definition) is 0. The van der Waals surface area contributed by atoms with E-state index in [2.05, 4.69) is 0 Å². The molecule has 0 bridgehead atoms. The number of nitrogens with zero attached hydrogens (tertiary/aromatic N) is 1. The zero-order chi connectivity index (χ0) is 25.7. The van der Waals surface area contributed by atoms with Crippen molar-refractivity contribution in [2.75, 3.05) is 20.3 Å². The van der Waals surface area contributed by atoms with Crippen molar-refractivity contribution < 1.29 is 28.6 Å². The second kappa shape index (κ2) is 11.5. The van der Waals surface area contributed by atoms with Crippen LogP contribution in [0.15, 0.2) is 71.6 Å². The Morgan fingerprint density at radius 2 is 1.75 bits per heavy atom. The number of esters is 1. The van der Waals surface area contributed by atoms with E-state index in [-0.39, 0.29) is 34.4 Å². The van der Waals surface area contributed by atoms with E-state index in [1.165, 1.54) is 7.11 Å². The number of benzene rings is 3. The van der Waals surface area contributed by atoms with Gasteiger partial charge in [-0.3, -0.25) is 14.5 Å². The first kappa shape index (κ1) is 25.6. The van der Waals surface area contributed by atoms with Gasteiger partial charge < -0.3 is 14.2 Å². The van der Waals surface area contributed by atoms with Gasteiger partial charge in [0, 0.05) is 5.02 Å². The van der Waals surface area contributed by atoms with E-state index in [9.17, 15) is 14.4 Å². The Kier molecular flexibility index (Phi) is 8.20. The van der Waals surface area contributed by atoms with E-state index in [0.29, 0.717) is 22.1 Å². The Hall–Kier alpha value is -3.46. The fourth-order valence-corrected chi connectivity index (χ4v) is 4.48. The molecule has 1 aliphatic rings. The van der Waals surface area contributed by atoms with E-state index in [1.54, 1.807) is 72.8 Å². The molecule has 0 atom stereocenters. The molecule has 1 heterocycles. The Morgan fingerprint density at radius 1 is 1.00 bits per heavy atom. The van der Waals surface area contributed by atoms with Crippen LogP contribution in [0.1, 0.15) is 15.9 Å². The number of imide groups is 1. The quantitative estimate of drug-likeness (QED) is 0.186. The highest BCUT2D eigenvalue weighted by atomic mass is 35.5. The molecular weight excluding hydrogens is 525 g/mol. The van der Waals surface area contributed by atoms with Crippen LogP contribution in [0.5, 0.6) is 17.2 Å². The minimum Gasteiger partial charge on any atom is -0.493 e. The molecule has 10 heteroatoms. The first-order chi connectivity index (χ1) is 17.4. The number of hydrogen-bond acceptors (Lipinski definition) is 7. The molecule has 1 aliphatic heterocycles. The van der Waals surface area contributed by atoms with Crippen LogP contribution < -0.4 is 14.2 Å². The SMILES string of the molecule is COc1ccc(/C=C2\SC(=O)N(CCOc3ccc(Cl)cc3)C2=O)cc1OC(=O)c1ccccc1Cl. The highest BCUT2D eigenvalue weighted by molar-refractivity contribution is 8.18. The maximum absolute atomic E-state index is 12.8. The third-order valence-electron chi connectivity index (χ3n) is 5.05. The van der Waals surface area contributed by atoms with E-state index < -0.39 is 17.1 Å². The summed E-state index contributed by atoms with van der Waals surface area (Å²) in [4.78, 5) is 39.2. The summed E-state index contributed by atoms with van der Waals surface area (Å²) in [6, 6.07) is 18.1. The molecule has 0 N–H and O–H groups in total. The second-order valence-electron chi connectivity index (χ2n) is 7.42. The molecule has 1 saturated heterocycles. The predicted octanol–water partition coefficient (Wildman–Crippen LogP) is 6.34. The lowest BCUT2D eigenvalue weighted by Crippen LogP contribution is -2.32. The second-order valence-corrected chi connectivity index (χ2v) is 9.25. The molecule has 184 valence electrons. The van der Waals surface area contributed by atoms with Gasteiger partial charge in [-0.15, -0.1) is 0 Å². The van der Waals surface area contributed by atoms with Crippen molar-refractivity contribution in [3.8, 4) is 17.2 Å². The van der Waals surface area contributed by atoms with Crippen LogP contribution in [0.25, 0.3) is 6.08 Å². The topological polar surface area (TPSA) is 82.1 Å². The predicted molar refractivity (Wildman–Crippen MR) is 139 cm³/mol. The fourth-order valence-electron chi connectivity index (χ4n) is 3.27. The molecule has 4 rings (SSSR count). The van der Waals surface area contributed by atoms with Crippen molar-refractivity contribution in [3.05, 3.63) is 92.8 Å². The third-order valence-corrected chi connectivity index (χ3v) is 6.54. The molecule has 1 fully saturated rings. The molecule has 36 heavy (non-hydrogen) atoms. The van der Waals surface area contributed by atoms with Crippen LogP contribution in [0, 0.1) is 0 Å². The van der Waals surface area contributed by atoms with Gasteiger partial charge >= 0.3 is 5.97 Å². The van der Waals surface area contributed by atoms with Crippen molar-refractivity contribution >= 4 is 58.2 Å². The summed E-state index contributed by atoms with van der Waals surface area (Å²) in [6.07, 6.45) is 1.55. The Bertz CT molecular complexity index is 1340. The lowest BCUT2D eigenvalue weighted by molar-refractivity contribution is -0.123. The summed E-state index contributed by atoms with van der Waals surface area (Å²) < 4.78 is 16.4. The first-order valence-corrected chi connectivity index (χ1v) is 12.2. The molecule has 0 aromatic heterocycles. The molecular formula is C26H19Cl2NO6S. The molecule has 0 saturated carbocycles. The van der Waals surface area contributed by atoms with Gasteiger partial charge in [-0.2, -0.15) is 0 Å². The zero-order valence-corrected chi connectivity index (χ0v) is 21.2. The summed E-state index contributed by atoms with van der Waals surface area (Å²) in [5.41, 5.74) is 0.745. The minimum atomic E-state index is -0.655. The molecule has 7 nitrogen and oxygen atoms in total. The fraction of sp³-hybridized carbons (Fsp3) is 0.115. The van der Waals surface area contributed by atoms with E-state index in [1.807, 2.05) is 0 Å². The molecule has 0 spiro atoms. The summed E-state index contributed by atoms with van der Waals surface area (Å²) in [5, 5.41) is 0.440. The van der Waals surface area contributed by atoms with Gasteiger partial charge in [0.2, 0.25) is 0 Å². The van der Waals surface area contributed by atoms with Crippen LogP contribution in [0.2, 0.25) is 10.0 Å². The summed E-state index contributed by atoms with van der Waals surface area (Å²) in [7, 11) is 1.44. The van der Waals surface area contributed by atoms with Crippen molar-refractivity contribution in [2.24, 2.45) is 0 Å². The molecule has 0 unspecified atom stereocenters. The summed E-state index contributed by atoms with van der Waals surface area (Å²) in [5.74, 6) is -0.0435.